The first-order chi connectivity index (χ1) is 17.6. The Hall–Kier alpha value is -4.55. The van der Waals surface area contributed by atoms with Crippen LogP contribution in [0.1, 0.15) is 23.7 Å². The molecule has 0 aliphatic rings. The summed E-state index contributed by atoms with van der Waals surface area (Å²) in [6.45, 7) is 1.50. The van der Waals surface area contributed by atoms with Crippen molar-refractivity contribution < 1.29 is 9.53 Å². The number of rotatable bonds is 7. The van der Waals surface area contributed by atoms with Crippen LogP contribution < -0.4 is 4.74 Å². The van der Waals surface area contributed by atoms with E-state index in [1.54, 1.807) is 13.2 Å². The minimum atomic E-state index is -0.127. The lowest BCUT2D eigenvalue weighted by molar-refractivity contribution is -0.113. The van der Waals surface area contributed by atoms with Crippen molar-refractivity contribution in [3.63, 3.8) is 0 Å². The van der Waals surface area contributed by atoms with Gasteiger partial charge in [0.1, 0.15) is 5.75 Å². The SMILES string of the molecule is C#C/C(=C/c1cc2ccccc2n1-c1cc(CCc2ccccc2)c2cccc(OC)c2c1)C(C)=O. The van der Waals surface area contributed by atoms with Crippen molar-refractivity contribution >= 4 is 33.5 Å². The number of nitrogens with zero attached hydrogens (tertiary/aromatic N) is 1. The quantitative estimate of drug-likeness (QED) is 0.187. The number of allylic oxidation sites excluding steroid dienone is 1. The molecule has 5 rings (SSSR count). The van der Waals surface area contributed by atoms with Crippen LogP contribution in [-0.4, -0.2) is 17.5 Å². The smallest absolute Gasteiger partial charge is 0.168 e. The first-order valence-electron chi connectivity index (χ1n) is 12.0. The molecule has 0 aliphatic carbocycles. The molecule has 0 spiro atoms. The Morgan fingerprint density at radius 3 is 2.44 bits per heavy atom. The van der Waals surface area contributed by atoms with Crippen molar-refractivity contribution in [3.05, 3.63) is 113 Å². The number of hydrogen-bond acceptors (Lipinski definition) is 2. The third-order valence-electron chi connectivity index (χ3n) is 6.60. The molecule has 0 N–H and O–H groups in total. The number of fused-ring (bicyclic) bond motifs is 2. The van der Waals surface area contributed by atoms with E-state index in [0.29, 0.717) is 5.57 Å². The molecule has 0 fully saturated rings. The van der Waals surface area contributed by atoms with Gasteiger partial charge in [0.05, 0.1) is 18.2 Å². The molecule has 0 unspecified atom stereocenters. The highest BCUT2D eigenvalue weighted by molar-refractivity contribution is 6.03. The lowest BCUT2D eigenvalue weighted by atomic mass is 9.97. The zero-order chi connectivity index (χ0) is 25.1. The number of carbonyl (C=O) groups excluding carboxylic acids is 1. The number of Topliss-reactive ketones (excluding diaryl/α,β-unsaturated/α-hetero) is 1. The van der Waals surface area contributed by atoms with Crippen LogP contribution >= 0.6 is 0 Å². The molecule has 1 heterocycles. The standard InChI is InChI=1S/C33H27NO2/c1-4-25(23(2)35)19-28-21-27-13-8-9-15-32(27)34(28)29-20-26(18-17-24-11-6-5-7-12-24)30-14-10-16-33(36-3)31(30)22-29/h1,5-16,19-22H,17-18H2,2-3H3/b25-19-. The normalized spacial score (nSPS) is 11.5. The van der Waals surface area contributed by atoms with E-state index in [4.69, 9.17) is 11.2 Å². The van der Waals surface area contributed by atoms with Gasteiger partial charge in [0.25, 0.3) is 0 Å². The summed E-state index contributed by atoms with van der Waals surface area (Å²) in [7, 11) is 1.70. The summed E-state index contributed by atoms with van der Waals surface area (Å²) in [6.07, 6.45) is 9.29. The molecule has 0 bridgehead atoms. The molecule has 0 radical (unpaired) electrons. The van der Waals surface area contributed by atoms with Gasteiger partial charge in [-0.2, -0.15) is 0 Å². The largest absolute Gasteiger partial charge is 0.496 e. The van der Waals surface area contributed by atoms with Crippen molar-refractivity contribution in [1.29, 1.82) is 0 Å². The molecule has 0 amide bonds. The Kier molecular flexibility index (Phi) is 6.43. The monoisotopic (exact) mass is 469 g/mol. The molecule has 0 saturated carbocycles. The van der Waals surface area contributed by atoms with Gasteiger partial charge in [-0.15, -0.1) is 6.42 Å². The van der Waals surface area contributed by atoms with Crippen LogP contribution in [0, 0.1) is 12.3 Å². The van der Waals surface area contributed by atoms with Gasteiger partial charge in [-0.25, -0.2) is 0 Å². The van der Waals surface area contributed by atoms with Gasteiger partial charge in [0, 0.05) is 22.2 Å². The molecule has 0 atom stereocenters. The summed E-state index contributed by atoms with van der Waals surface area (Å²) < 4.78 is 7.93. The third-order valence-corrected chi connectivity index (χ3v) is 6.60. The molecule has 5 aromatic rings. The van der Waals surface area contributed by atoms with Crippen LogP contribution in [0.4, 0.5) is 0 Å². The van der Waals surface area contributed by atoms with Gasteiger partial charge in [-0.1, -0.05) is 66.6 Å². The number of carbonyl (C=O) groups is 1. The number of ether oxygens (including phenoxy) is 1. The lowest BCUT2D eigenvalue weighted by Gasteiger charge is -2.16. The second kappa shape index (κ2) is 9.98. The van der Waals surface area contributed by atoms with Gasteiger partial charge < -0.3 is 9.30 Å². The zero-order valence-corrected chi connectivity index (χ0v) is 20.5. The fraction of sp³-hybridized carbons (Fsp3) is 0.121. The van der Waals surface area contributed by atoms with Crippen molar-refractivity contribution in [3.8, 4) is 23.8 Å². The summed E-state index contributed by atoms with van der Waals surface area (Å²) in [5.41, 5.74) is 5.80. The molecule has 4 aromatic carbocycles. The van der Waals surface area contributed by atoms with Crippen LogP contribution in [0.3, 0.4) is 0 Å². The highest BCUT2D eigenvalue weighted by Gasteiger charge is 2.15. The van der Waals surface area contributed by atoms with E-state index in [2.05, 4.69) is 71.2 Å². The molecule has 3 heteroatoms. The molecule has 176 valence electrons. The highest BCUT2D eigenvalue weighted by atomic mass is 16.5. The van der Waals surface area contributed by atoms with Crippen molar-refractivity contribution in [1.82, 2.24) is 4.57 Å². The fourth-order valence-electron chi connectivity index (χ4n) is 4.82. The third kappa shape index (κ3) is 4.42. The van der Waals surface area contributed by atoms with Crippen molar-refractivity contribution in [2.75, 3.05) is 7.11 Å². The minimum Gasteiger partial charge on any atom is -0.496 e. The van der Waals surface area contributed by atoms with E-state index in [9.17, 15) is 4.79 Å². The van der Waals surface area contributed by atoms with E-state index in [1.165, 1.54) is 23.4 Å². The molecular weight excluding hydrogens is 442 g/mol. The number of ketones is 1. The van der Waals surface area contributed by atoms with Gasteiger partial charge in [-0.05, 0) is 72.7 Å². The van der Waals surface area contributed by atoms with Crippen LogP contribution in [0.25, 0.3) is 33.4 Å². The summed E-state index contributed by atoms with van der Waals surface area (Å²) in [6, 6.07) is 31.4. The minimum absolute atomic E-state index is 0.127. The summed E-state index contributed by atoms with van der Waals surface area (Å²) in [4.78, 5) is 12.1. The zero-order valence-electron chi connectivity index (χ0n) is 20.5. The Morgan fingerprint density at radius 2 is 1.69 bits per heavy atom. The Morgan fingerprint density at radius 1 is 0.917 bits per heavy atom. The van der Waals surface area contributed by atoms with E-state index >= 15 is 0 Å². The van der Waals surface area contributed by atoms with Gasteiger partial charge in [0.2, 0.25) is 0 Å². The Bertz CT molecular complexity index is 1650. The average Bonchev–Trinajstić information content (AvgIpc) is 3.28. The van der Waals surface area contributed by atoms with Crippen molar-refractivity contribution in [2.45, 2.75) is 19.8 Å². The Labute approximate surface area is 211 Å². The average molecular weight is 470 g/mol. The van der Waals surface area contributed by atoms with Crippen LogP contribution in [-0.2, 0) is 17.6 Å². The topological polar surface area (TPSA) is 31.2 Å². The fourth-order valence-corrected chi connectivity index (χ4v) is 4.82. The predicted molar refractivity (Wildman–Crippen MR) is 149 cm³/mol. The Balaban J connectivity index is 1.75. The van der Waals surface area contributed by atoms with E-state index in [1.807, 2.05) is 30.3 Å². The maximum Gasteiger partial charge on any atom is 0.168 e. The second-order valence-electron chi connectivity index (χ2n) is 8.87. The molecule has 3 nitrogen and oxygen atoms in total. The number of aromatic nitrogens is 1. The van der Waals surface area contributed by atoms with Crippen LogP contribution in [0.5, 0.6) is 5.75 Å². The van der Waals surface area contributed by atoms with Gasteiger partial charge in [-0.3, -0.25) is 4.79 Å². The van der Waals surface area contributed by atoms with Crippen LogP contribution in [0.2, 0.25) is 0 Å². The maximum atomic E-state index is 12.1. The summed E-state index contributed by atoms with van der Waals surface area (Å²) in [5, 5.41) is 3.31. The number of benzene rings is 4. The second-order valence-corrected chi connectivity index (χ2v) is 8.87. The molecule has 0 aliphatic heterocycles. The number of hydrogen-bond donors (Lipinski definition) is 0. The van der Waals surface area contributed by atoms with Crippen molar-refractivity contribution in [2.24, 2.45) is 0 Å². The number of para-hydroxylation sites is 1. The number of terminal acetylenes is 1. The molecular formula is C33H27NO2. The molecule has 1 aromatic heterocycles. The van der Waals surface area contributed by atoms with Gasteiger partial charge in [0.15, 0.2) is 5.78 Å². The van der Waals surface area contributed by atoms with E-state index in [-0.39, 0.29) is 5.78 Å². The van der Waals surface area contributed by atoms with Crippen LogP contribution in [0.15, 0.2) is 96.6 Å². The highest BCUT2D eigenvalue weighted by Crippen LogP contribution is 2.34. The lowest BCUT2D eigenvalue weighted by Crippen LogP contribution is -2.02. The maximum absolute atomic E-state index is 12.1. The molecule has 36 heavy (non-hydrogen) atoms. The first kappa shape index (κ1) is 23.2. The number of methoxy groups -OCH3 is 1. The first-order valence-corrected chi connectivity index (χ1v) is 12.0. The summed E-state index contributed by atoms with van der Waals surface area (Å²) >= 11 is 0. The van der Waals surface area contributed by atoms with E-state index < -0.39 is 0 Å². The molecule has 0 saturated heterocycles. The number of aryl methyl sites for hydroxylation is 2. The summed E-state index contributed by atoms with van der Waals surface area (Å²) in [5.74, 6) is 3.25. The van der Waals surface area contributed by atoms with E-state index in [0.717, 1.165) is 46.3 Å². The predicted octanol–water partition coefficient (Wildman–Crippen LogP) is 7.18. The van der Waals surface area contributed by atoms with Gasteiger partial charge >= 0.3 is 0 Å².